The number of carboxylic acid groups (broad SMARTS) is 2. The van der Waals surface area contributed by atoms with E-state index in [9.17, 15) is 9.59 Å². The molecule has 8 heteroatoms. The lowest BCUT2D eigenvalue weighted by molar-refractivity contribution is -0.134. The summed E-state index contributed by atoms with van der Waals surface area (Å²) in [6.45, 7) is 4.86. The number of hydrogen-bond acceptors (Lipinski definition) is 6. The summed E-state index contributed by atoms with van der Waals surface area (Å²) in [5.41, 5.74) is 1.08. The highest BCUT2D eigenvalue weighted by Crippen LogP contribution is 2.31. The first-order valence-electron chi connectivity index (χ1n) is 9.61. The number of ether oxygens (including phenoxy) is 2. The van der Waals surface area contributed by atoms with Gasteiger partial charge in [-0.25, -0.2) is 14.6 Å². The van der Waals surface area contributed by atoms with Crippen LogP contribution in [0.3, 0.4) is 0 Å². The molecule has 1 aliphatic rings. The summed E-state index contributed by atoms with van der Waals surface area (Å²) in [4.78, 5) is 23.4. The normalized spacial score (nSPS) is 15.7. The average molecular weight is 414 g/mol. The van der Waals surface area contributed by atoms with Crippen LogP contribution in [0.25, 0.3) is 0 Å². The largest absolute Gasteiger partial charge is 0.488 e. The monoisotopic (exact) mass is 414 g/mol. The Labute approximate surface area is 175 Å². The molecule has 3 rings (SSSR count). The molecule has 1 aliphatic heterocycles. The van der Waals surface area contributed by atoms with Crippen molar-refractivity contribution in [3.8, 4) is 17.4 Å². The van der Waals surface area contributed by atoms with Crippen LogP contribution in [0.1, 0.15) is 18.4 Å². The van der Waals surface area contributed by atoms with Crippen molar-refractivity contribution in [1.82, 2.24) is 10.3 Å². The number of nitrogens with zero attached hydrogens (tertiary/aromatic N) is 1. The number of rotatable bonds is 7. The topological polar surface area (TPSA) is 118 Å². The molecule has 30 heavy (non-hydrogen) atoms. The molecule has 1 aromatic carbocycles. The van der Waals surface area contributed by atoms with Gasteiger partial charge in [0.1, 0.15) is 5.75 Å². The molecule has 160 valence electrons. The molecule has 8 nitrogen and oxygen atoms in total. The second kappa shape index (κ2) is 12.2. The van der Waals surface area contributed by atoms with E-state index in [0.29, 0.717) is 36.3 Å². The molecule has 0 radical (unpaired) electrons. The Balaban J connectivity index is 0.000000343. The van der Waals surface area contributed by atoms with E-state index < -0.39 is 11.9 Å². The van der Waals surface area contributed by atoms with Gasteiger partial charge in [0.15, 0.2) is 5.75 Å². The molecule has 2 aromatic rings. The van der Waals surface area contributed by atoms with Crippen LogP contribution in [0.4, 0.5) is 0 Å². The number of aryl methyl sites for hydroxylation is 1. The molecule has 0 spiro atoms. The third-order valence-electron chi connectivity index (χ3n) is 4.28. The number of aliphatic carboxylic acids is 2. The Morgan fingerprint density at radius 1 is 1.13 bits per heavy atom. The van der Waals surface area contributed by atoms with Crippen LogP contribution in [-0.2, 0) is 9.59 Å². The first-order chi connectivity index (χ1) is 14.5. The Morgan fingerprint density at radius 2 is 1.83 bits per heavy atom. The van der Waals surface area contributed by atoms with Crippen LogP contribution in [-0.4, -0.2) is 46.8 Å². The lowest BCUT2D eigenvalue weighted by atomic mass is 10.0. The molecule has 1 saturated heterocycles. The number of hydrogen-bond donors (Lipinski definition) is 3. The minimum absolute atomic E-state index is 0.528. The molecule has 0 aliphatic carbocycles. The number of aromatic nitrogens is 1. The Bertz CT molecular complexity index is 846. The molecule has 0 saturated carbocycles. The SMILES string of the molecule is Cc1ccccc1Oc1ncccc1OC[C@H]1CCCNC1.O=C(O)/C=C/C(=O)O. The van der Waals surface area contributed by atoms with Gasteiger partial charge in [-0.2, -0.15) is 0 Å². The van der Waals surface area contributed by atoms with E-state index in [4.69, 9.17) is 19.7 Å². The highest BCUT2D eigenvalue weighted by atomic mass is 16.5. The summed E-state index contributed by atoms with van der Waals surface area (Å²) in [7, 11) is 0. The predicted octanol–water partition coefficient (Wildman–Crippen LogP) is 3.27. The van der Waals surface area contributed by atoms with Crippen molar-refractivity contribution in [2.75, 3.05) is 19.7 Å². The van der Waals surface area contributed by atoms with Gasteiger partial charge in [-0.3, -0.25) is 0 Å². The number of piperidine rings is 1. The lowest BCUT2D eigenvalue weighted by Gasteiger charge is -2.23. The van der Waals surface area contributed by atoms with E-state index in [1.165, 1.54) is 12.8 Å². The summed E-state index contributed by atoms with van der Waals surface area (Å²) in [5.74, 6) is 0.0855. The van der Waals surface area contributed by atoms with Crippen molar-refractivity contribution in [3.05, 3.63) is 60.3 Å². The van der Waals surface area contributed by atoms with E-state index >= 15 is 0 Å². The van der Waals surface area contributed by atoms with Gasteiger partial charge in [0.2, 0.25) is 0 Å². The van der Waals surface area contributed by atoms with Crippen LogP contribution < -0.4 is 14.8 Å². The van der Waals surface area contributed by atoms with Gasteiger partial charge in [0, 0.05) is 30.8 Å². The van der Waals surface area contributed by atoms with Gasteiger partial charge in [-0.1, -0.05) is 18.2 Å². The summed E-state index contributed by atoms with van der Waals surface area (Å²) in [6.07, 6.45) is 5.27. The zero-order valence-electron chi connectivity index (χ0n) is 16.8. The van der Waals surface area contributed by atoms with Crippen molar-refractivity contribution in [2.45, 2.75) is 19.8 Å². The molecule has 2 heterocycles. The lowest BCUT2D eigenvalue weighted by Crippen LogP contribution is -2.33. The Hall–Kier alpha value is -3.39. The quantitative estimate of drug-likeness (QED) is 0.591. The minimum Gasteiger partial charge on any atom is -0.488 e. The Kier molecular flexibility index (Phi) is 9.33. The van der Waals surface area contributed by atoms with Crippen molar-refractivity contribution >= 4 is 11.9 Å². The van der Waals surface area contributed by atoms with Crippen LogP contribution in [0.15, 0.2) is 54.7 Å². The highest BCUT2D eigenvalue weighted by Gasteiger charge is 2.15. The third kappa shape index (κ3) is 8.32. The maximum absolute atomic E-state index is 9.55. The summed E-state index contributed by atoms with van der Waals surface area (Å²) in [6, 6.07) is 11.7. The number of pyridine rings is 1. The van der Waals surface area contributed by atoms with E-state index in [0.717, 1.165) is 24.4 Å². The maximum Gasteiger partial charge on any atom is 0.328 e. The summed E-state index contributed by atoms with van der Waals surface area (Å²) >= 11 is 0. The number of carbonyl (C=O) groups is 2. The summed E-state index contributed by atoms with van der Waals surface area (Å²) < 4.78 is 11.9. The smallest absolute Gasteiger partial charge is 0.328 e. The van der Waals surface area contributed by atoms with Gasteiger partial charge >= 0.3 is 11.9 Å². The molecule has 0 unspecified atom stereocenters. The molecule has 0 amide bonds. The molecular formula is C22H26N2O6. The molecule has 1 fully saturated rings. The average Bonchev–Trinajstić information content (AvgIpc) is 2.74. The first-order valence-corrected chi connectivity index (χ1v) is 9.61. The van der Waals surface area contributed by atoms with Gasteiger partial charge < -0.3 is 25.0 Å². The number of carboxylic acids is 2. The molecule has 1 atom stereocenters. The van der Waals surface area contributed by atoms with E-state index in [-0.39, 0.29) is 0 Å². The van der Waals surface area contributed by atoms with Crippen molar-refractivity contribution < 1.29 is 29.3 Å². The number of nitrogens with one attached hydrogen (secondary N) is 1. The van der Waals surface area contributed by atoms with Gasteiger partial charge in [0.05, 0.1) is 6.61 Å². The van der Waals surface area contributed by atoms with Crippen LogP contribution >= 0.6 is 0 Å². The first kappa shape index (κ1) is 22.9. The van der Waals surface area contributed by atoms with Gasteiger partial charge in [0.25, 0.3) is 5.88 Å². The molecular weight excluding hydrogens is 388 g/mol. The zero-order valence-corrected chi connectivity index (χ0v) is 16.8. The van der Waals surface area contributed by atoms with Gasteiger partial charge in [-0.05, 0) is 50.1 Å². The fourth-order valence-electron chi connectivity index (χ4n) is 2.75. The van der Waals surface area contributed by atoms with Crippen LogP contribution in [0.5, 0.6) is 17.4 Å². The zero-order chi connectivity index (χ0) is 21.8. The fraction of sp³-hybridized carbons (Fsp3) is 0.318. The molecule has 1 aromatic heterocycles. The van der Waals surface area contributed by atoms with Crippen LogP contribution in [0, 0.1) is 12.8 Å². The predicted molar refractivity (Wildman–Crippen MR) is 111 cm³/mol. The van der Waals surface area contributed by atoms with E-state index in [1.54, 1.807) is 6.20 Å². The second-order valence-corrected chi connectivity index (χ2v) is 6.71. The van der Waals surface area contributed by atoms with Crippen molar-refractivity contribution in [1.29, 1.82) is 0 Å². The Morgan fingerprint density at radius 3 is 2.47 bits per heavy atom. The molecule has 3 N–H and O–H groups in total. The minimum atomic E-state index is -1.26. The van der Waals surface area contributed by atoms with Crippen molar-refractivity contribution in [2.24, 2.45) is 5.92 Å². The molecule has 0 bridgehead atoms. The van der Waals surface area contributed by atoms with E-state index in [2.05, 4.69) is 10.3 Å². The summed E-state index contributed by atoms with van der Waals surface area (Å²) in [5, 5.41) is 19.0. The second-order valence-electron chi connectivity index (χ2n) is 6.71. The van der Waals surface area contributed by atoms with Gasteiger partial charge in [-0.15, -0.1) is 0 Å². The number of para-hydroxylation sites is 1. The standard InChI is InChI=1S/C18H22N2O2.C4H4O4/c1-14-6-2-3-8-16(14)22-18-17(9-5-11-20-18)21-13-15-7-4-10-19-12-15;5-3(6)1-2-4(7)8/h2-3,5-6,8-9,11,15,19H,4,7,10,12-13H2,1H3;1-2H,(H,5,6)(H,7,8)/b;2-1+/t15-;/m0./s1. The van der Waals surface area contributed by atoms with Crippen LogP contribution in [0.2, 0.25) is 0 Å². The maximum atomic E-state index is 9.55. The highest BCUT2D eigenvalue weighted by molar-refractivity contribution is 5.89. The fourth-order valence-corrected chi connectivity index (χ4v) is 2.75. The van der Waals surface area contributed by atoms with E-state index in [1.807, 2.05) is 43.3 Å². The van der Waals surface area contributed by atoms with Crippen molar-refractivity contribution in [3.63, 3.8) is 0 Å². The number of benzene rings is 1. The third-order valence-corrected chi connectivity index (χ3v) is 4.28.